The van der Waals surface area contributed by atoms with Gasteiger partial charge in [0.05, 0.1) is 18.0 Å². The average molecular weight is 642 g/mol. The van der Waals surface area contributed by atoms with Crippen LogP contribution in [0.3, 0.4) is 0 Å². The molecule has 1 saturated carbocycles. The summed E-state index contributed by atoms with van der Waals surface area (Å²) in [5.74, 6) is -3.69. The van der Waals surface area contributed by atoms with E-state index in [-0.39, 0.29) is 57.7 Å². The van der Waals surface area contributed by atoms with Gasteiger partial charge in [-0.05, 0) is 36.1 Å². The van der Waals surface area contributed by atoms with Gasteiger partial charge in [0.15, 0.2) is 0 Å². The predicted octanol–water partition coefficient (Wildman–Crippen LogP) is 3.59. The van der Waals surface area contributed by atoms with Gasteiger partial charge < -0.3 is 20.3 Å². The van der Waals surface area contributed by atoms with Gasteiger partial charge in [0, 0.05) is 44.0 Å². The quantitative estimate of drug-likeness (QED) is 0.280. The van der Waals surface area contributed by atoms with Crippen LogP contribution in [-0.4, -0.2) is 83.7 Å². The maximum atomic E-state index is 14.2. The number of aliphatic imine (C=N–C) groups is 1. The molecule has 2 aromatic carbocycles. The Kier molecular flexibility index (Phi) is 7.85. The fourth-order valence-corrected chi connectivity index (χ4v) is 6.63. The fourth-order valence-electron chi connectivity index (χ4n) is 6.63. The van der Waals surface area contributed by atoms with Gasteiger partial charge in [0.1, 0.15) is 23.9 Å². The first kappa shape index (κ1) is 31.2. The Morgan fingerprint density at radius 1 is 1.00 bits per heavy atom. The third kappa shape index (κ3) is 5.39. The Labute approximate surface area is 261 Å². The number of benzene rings is 2. The number of carbonyl (C=O) groups excluding carboxylic acids is 4. The van der Waals surface area contributed by atoms with E-state index in [1.807, 2.05) is 0 Å². The molecular formula is C32H31F4N5O5. The van der Waals surface area contributed by atoms with Crippen LogP contribution in [0.4, 0.5) is 22.4 Å². The largest absolute Gasteiger partial charge is 0.446 e. The van der Waals surface area contributed by atoms with Crippen molar-refractivity contribution in [3.63, 3.8) is 0 Å². The van der Waals surface area contributed by atoms with Crippen molar-refractivity contribution in [2.24, 2.45) is 27.5 Å². The molecule has 3 saturated heterocycles. The van der Waals surface area contributed by atoms with Crippen LogP contribution in [0, 0.1) is 22.6 Å². The summed E-state index contributed by atoms with van der Waals surface area (Å²) in [4.78, 5) is 61.4. The van der Waals surface area contributed by atoms with E-state index in [2.05, 4.69) is 4.99 Å². The third-order valence-corrected chi connectivity index (χ3v) is 9.37. The molecule has 1 aliphatic carbocycles. The number of carbonyl (C=O) groups is 4. The Morgan fingerprint density at radius 2 is 1.65 bits per heavy atom. The molecule has 0 bridgehead atoms. The number of rotatable bonds is 7. The van der Waals surface area contributed by atoms with Crippen LogP contribution in [-0.2, 0) is 25.7 Å². The topological polar surface area (TPSA) is 126 Å². The van der Waals surface area contributed by atoms with E-state index in [1.54, 1.807) is 42.5 Å². The fraction of sp³-hybridized carbons (Fsp3) is 0.406. The number of hydrogen-bond donors (Lipinski definition) is 1. The number of halogens is 4. The van der Waals surface area contributed by atoms with Gasteiger partial charge in [0.2, 0.25) is 11.8 Å². The summed E-state index contributed by atoms with van der Waals surface area (Å²) in [5, 5.41) is 0. The first-order chi connectivity index (χ1) is 21.9. The first-order valence-electron chi connectivity index (χ1n) is 14.8. The zero-order valence-electron chi connectivity index (χ0n) is 24.6. The van der Waals surface area contributed by atoms with Crippen LogP contribution in [0.2, 0.25) is 0 Å². The molecule has 3 heterocycles. The molecule has 242 valence electrons. The molecule has 2 atom stereocenters. The van der Waals surface area contributed by atoms with Gasteiger partial charge in [-0.1, -0.05) is 42.5 Å². The lowest BCUT2D eigenvalue weighted by atomic mass is 9.70. The molecule has 2 N–H and O–H groups in total. The molecule has 46 heavy (non-hydrogen) atoms. The minimum absolute atomic E-state index is 0.00522. The van der Waals surface area contributed by atoms with Gasteiger partial charge >= 0.3 is 12.3 Å². The molecule has 4 aliphatic rings. The Morgan fingerprint density at radius 3 is 2.26 bits per heavy atom. The van der Waals surface area contributed by atoms with Crippen LogP contribution in [0.1, 0.15) is 30.0 Å². The number of likely N-dealkylation sites (tertiary alicyclic amines) is 2. The molecule has 0 radical (unpaired) electrons. The molecule has 1 spiro atoms. The van der Waals surface area contributed by atoms with Crippen molar-refractivity contribution < 1.29 is 41.5 Å². The highest BCUT2D eigenvalue weighted by Gasteiger charge is 2.72. The zero-order chi connectivity index (χ0) is 32.9. The molecule has 3 aliphatic heterocycles. The minimum atomic E-state index is -4.70. The van der Waals surface area contributed by atoms with Crippen LogP contribution >= 0.6 is 0 Å². The normalized spacial score (nSPS) is 23.5. The second-order valence-corrected chi connectivity index (χ2v) is 12.3. The number of alkyl halides is 3. The van der Waals surface area contributed by atoms with Gasteiger partial charge in [-0.3, -0.25) is 19.4 Å². The zero-order valence-corrected chi connectivity index (χ0v) is 24.6. The molecule has 0 aromatic heterocycles. The second kappa shape index (κ2) is 11.6. The van der Waals surface area contributed by atoms with Gasteiger partial charge in [0.25, 0.3) is 5.91 Å². The molecule has 6 rings (SSSR count). The molecule has 4 amide bonds. The number of cyclic esters (lactones) is 1. The predicted molar refractivity (Wildman–Crippen MR) is 155 cm³/mol. The Balaban J connectivity index is 1.24. The van der Waals surface area contributed by atoms with Crippen molar-refractivity contribution in [2.75, 3.05) is 32.8 Å². The number of imide groups is 1. The monoisotopic (exact) mass is 641 g/mol. The van der Waals surface area contributed by atoms with Crippen LogP contribution in [0.15, 0.2) is 71.4 Å². The van der Waals surface area contributed by atoms with Gasteiger partial charge in [-0.15, -0.1) is 0 Å². The van der Waals surface area contributed by atoms with Crippen LogP contribution in [0.5, 0.6) is 0 Å². The van der Waals surface area contributed by atoms with E-state index in [9.17, 15) is 36.7 Å². The highest BCUT2D eigenvalue weighted by Crippen LogP contribution is 2.60. The molecule has 4 fully saturated rings. The lowest BCUT2D eigenvalue weighted by Gasteiger charge is -2.51. The maximum absolute atomic E-state index is 14.2. The van der Waals surface area contributed by atoms with E-state index >= 15 is 0 Å². The number of nitrogens with two attached hydrogens (primary N) is 1. The maximum Gasteiger partial charge on any atom is 0.417 e. The van der Waals surface area contributed by atoms with Crippen molar-refractivity contribution in [3.8, 4) is 0 Å². The summed E-state index contributed by atoms with van der Waals surface area (Å²) in [6, 6.07) is 13.7. The van der Waals surface area contributed by atoms with Gasteiger partial charge in [-0.25, -0.2) is 14.1 Å². The lowest BCUT2D eigenvalue weighted by Crippen LogP contribution is -2.66. The number of nitrogens with zero attached hydrogens (tertiary/aromatic N) is 4. The molecule has 2 aromatic rings. The van der Waals surface area contributed by atoms with Crippen LogP contribution in [0.25, 0.3) is 0 Å². The Bertz CT molecular complexity index is 1600. The molecule has 14 heteroatoms. The summed E-state index contributed by atoms with van der Waals surface area (Å²) >= 11 is 0. The van der Waals surface area contributed by atoms with Gasteiger partial charge in [-0.2, -0.15) is 13.2 Å². The minimum Gasteiger partial charge on any atom is -0.446 e. The van der Waals surface area contributed by atoms with Crippen molar-refractivity contribution in [3.05, 3.63) is 83.3 Å². The summed E-state index contributed by atoms with van der Waals surface area (Å²) in [5.41, 5.74) is 3.57. The van der Waals surface area contributed by atoms with E-state index in [0.717, 1.165) is 16.0 Å². The van der Waals surface area contributed by atoms with Crippen molar-refractivity contribution in [1.82, 2.24) is 14.7 Å². The third-order valence-electron chi connectivity index (χ3n) is 9.37. The smallest absolute Gasteiger partial charge is 0.417 e. The standard InChI is InChI=1S/C32H31F4N5O5/c33-23-8-6-20(7-9-23)13-38-14-22(12-37)26(42)39-15-24(27(43)41-25(16-46-29(41)45)21-4-2-1-3-5-21)30(17-39)18-40(19-30)28(44)31(10-11-31)32(34,35)36/h1-9,12,14,24-25H,10-11,13,15-19,37H2/b22-12+,38-14?/t24-,25-/m0/s1. The number of ether oxygens (including phenoxy) is 1. The van der Waals surface area contributed by atoms with Crippen LogP contribution < -0.4 is 5.73 Å². The van der Waals surface area contributed by atoms with Crippen molar-refractivity contribution >= 4 is 30.0 Å². The average Bonchev–Trinajstić information content (AvgIpc) is 3.62. The Hall–Kier alpha value is -4.75. The lowest BCUT2D eigenvalue weighted by molar-refractivity contribution is -0.205. The van der Waals surface area contributed by atoms with E-state index < -0.39 is 58.6 Å². The summed E-state index contributed by atoms with van der Waals surface area (Å²) in [7, 11) is 0. The van der Waals surface area contributed by atoms with E-state index in [1.165, 1.54) is 23.2 Å². The summed E-state index contributed by atoms with van der Waals surface area (Å²) < 4.78 is 59.7. The first-order valence-corrected chi connectivity index (χ1v) is 14.8. The van der Waals surface area contributed by atoms with E-state index in [4.69, 9.17) is 10.5 Å². The highest BCUT2D eigenvalue weighted by atomic mass is 19.4. The highest BCUT2D eigenvalue weighted by molar-refractivity contribution is 6.12. The molecule has 0 unspecified atom stereocenters. The number of amides is 4. The molecular weight excluding hydrogens is 610 g/mol. The summed E-state index contributed by atoms with van der Waals surface area (Å²) in [6.45, 7) is -0.566. The number of hydrogen-bond acceptors (Lipinski definition) is 7. The van der Waals surface area contributed by atoms with Crippen molar-refractivity contribution in [2.45, 2.75) is 31.6 Å². The second-order valence-electron chi connectivity index (χ2n) is 12.3. The van der Waals surface area contributed by atoms with E-state index in [0.29, 0.717) is 11.1 Å². The summed E-state index contributed by atoms with van der Waals surface area (Å²) in [6.07, 6.45) is -3.85. The molecule has 10 nitrogen and oxygen atoms in total. The van der Waals surface area contributed by atoms with Crippen molar-refractivity contribution in [1.29, 1.82) is 0 Å². The SMILES string of the molecule is N/C=C(\C=NCc1ccc(F)cc1)C(=O)N1C[C@@H](C(=O)N2C(=O)OC[C@H]2c2ccccc2)C2(C1)CN(C(=O)C1(C(F)(F)F)CC1)C2.